The summed E-state index contributed by atoms with van der Waals surface area (Å²) in [5.41, 5.74) is 3.61. The number of thiazole rings is 1. The molecule has 1 aromatic heterocycles. The van der Waals surface area contributed by atoms with Gasteiger partial charge in [-0.15, -0.1) is 24.5 Å². The van der Waals surface area contributed by atoms with Gasteiger partial charge in [0.25, 0.3) is 0 Å². The zero-order chi connectivity index (χ0) is 27.7. The lowest BCUT2D eigenvalue weighted by Gasteiger charge is -2.28. The maximum absolute atomic E-state index is 12.5. The van der Waals surface area contributed by atoms with Gasteiger partial charge in [0.15, 0.2) is 4.80 Å². The number of hydrogen-bond acceptors (Lipinski definition) is 7. The number of benzene rings is 2. The summed E-state index contributed by atoms with van der Waals surface area (Å²) in [7, 11) is 0. The highest BCUT2D eigenvalue weighted by atomic mass is 32.1. The van der Waals surface area contributed by atoms with Crippen molar-refractivity contribution in [1.29, 1.82) is 0 Å². The van der Waals surface area contributed by atoms with Gasteiger partial charge in [-0.1, -0.05) is 12.1 Å². The monoisotopic (exact) mass is 564 g/mol. The van der Waals surface area contributed by atoms with Crippen LogP contribution in [0.4, 0.5) is 24.5 Å². The van der Waals surface area contributed by atoms with Gasteiger partial charge in [-0.05, 0) is 55.3 Å². The van der Waals surface area contributed by atoms with Crippen LogP contribution in [-0.2, 0) is 20.8 Å². The first-order valence-electron chi connectivity index (χ1n) is 12.7. The standard InChI is InChI=1S/C27H31F3N4O4S/c1-2-36-18-25(35)31-12-3-13-34-24(20-4-8-22(9-5-20)33-14-16-37-17-15-33)19-39-26(34)32-21-6-10-23(11-7-21)38-27(28,29)30/h4-11,19H,2-3,12-18H2,1H3,(H,31,35). The smallest absolute Gasteiger partial charge is 0.406 e. The van der Waals surface area contributed by atoms with Crippen LogP contribution in [0.1, 0.15) is 13.3 Å². The molecule has 1 saturated heterocycles. The third-order valence-electron chi connectivity index (χ3n) is 5.95. The molecule has 2 heterocycles. The van der Waals surface area contributed by atoms with E-state index in [0.29, 0.717) is 49.8 Å². The second-order valence-corrected chi connectivity index (χ2v) is 9.53. The van der Waals surface area contributed by atoms with E-state index in [1.807, 2.05) is 12.3 Å². The summed E-state index contributed by atoms with van der Waals surface area (Å²) in [4.78, 5) is 19.5. The molecule has 4 rings (SSSR count). The Morgan fingerprint density at radius 1 is 1.10 bits per heavy atom. The van der Waals surface area contributed by atoms with Gasteiger partial charge in [-0.2, -0.15) is 0 Å². The SMILES string of the molecule is CCOCC(=O)NCCCn1c(-c2ccc(N3CCOCC3)cc2)csc1=Nc1ccc(OC(F)(F)F)cc1. The van der Waals surface area contributed by atoms with Crippen LogP contribution < -0.4 is 19.8 Å². The van der Waals surface area contributed by atoms with Gasteiger partial charge in [-0.3, -0.25) is 4.79 Å². The minimum absolute atomic E-state index is 0.0253. The van der Waals surface area contributed by atoms with Crippen LogP contribution in [0.15, 0.2) is 58.9 Å². The quantitative estimate of drug-likeness (QED) is 0.341. The van der Waals surface area contributed by atoms with E-state index in [4.69, 9.17) is 9.47 Å². The Morgan fingerprint density at radius 3 is 2.49 bits per heavy atom. The molecular weight excluding hydrogens is 533 g/mol. The zero-order valence-corrected chi connectivity index (χ0v) is 22.4. The highest BCUT2D eigenvalue weighted by Gasteiger charge is 2.31. The van der Waals surface area contributed by atoms with E-state index in [1.54, 1.807) is 0 Å². The molecule has 210 valence electrons. The number of aromatic nitrogens is 1. The maximum Gasteiger partial charge on any atom is 0.573 e. The molecular formula is C27H31F3N4O4S. The number of alkyl halides is 3. The molecule has 8 nitrogen and oxygen atoms in total. The number of nitrogens with zero attached hydrogens (tertiary/aromatic N) is 3. The minimum Gasteiger partial charge on any atom is -0.406 e. The molecule has 3 aromatic rings. The van der Waals surface area contributed by atoms with Crippen LogP contribution in [0.2, 0.25) is 0 Å². The van der Waals surface area contributed by atoms with E-state index >= 15 is 0 Å². The number of carbonyl (C=O) groups is 1. The molecule has 1 aliphatic rings. The van der Waals surface area contributed by atoms with E-state index in [0.717, 1.165) is 30.0 Å². The third-order valence-corrected chi connectivity index (χ3v) is 6.81. The van der Waals surface area contributed by atoms with E-state index in [2.05, 4.69) is 48.8 Å². The topological polar surface area (TPSA) is 77.3 Å². The summed E-state index contributed by atoms with van der Waals surface area (Å²) >= 11 is 1.44. The first-order valence-corrected chi connectivity index (χ1v) is 13.6. The van der Waals surface area contributed by atoms with Crippen molar-refractivity contribution in [3.8, 4) is 17.0 Å². The second-order valence-electron chi connectivity index (χ2n) is 8.70. The molecule has 1 fully saturated rings. The molecule has 0 aliphatic carbocycles. The van der Waals surface area contributed by atoms with Crippen molar-refractivity contribution in [2.24, 2.45) is 4.99 Å². The normalized spacial score (nSPS) is 14.5. The molecule has 0 saturated carbocycles. The Hall–Kier alpha value is -3.35. The van der Waals surface area contributed by atoms with Gasteiger partial charge >= 0.3 is 6.36 Å². The Labute approximate surface area is 228 Å². The van der Waals surface area contributed by atoms with Crippen LogP contribution in [0.5, 0.6) is 5.75 Å². The number of morpholine rings is 1. The fourth-order valence-corrected chi connectivity index (χ4v) is 5.03. The van der Waals surface area contributed by atoms with E-state index in [9.17, 15) is 18.0 Å². The largest absolute Gasteiger partial charge is 0.573 e. The van der Waals surface area contributed by atoms with Crippen molar-refractivity contribution in [2.75, 3.05) is 51.0 Å². The molecule has 1 N–H and O–H groups in total. The number of carbonyl (C=O) groups excluding carboxylic acids is 1. The molecule has 39 heavy (non-hydrogen) atoms. The van der Waals surface area contributed by atoms with Gasteiger partial charge in [0.2, 0.25) is 5.91 Å². The number of amides is 1. The minimum atomic E-state index is -4.75. The molecule has 12 heteroatoms. The molecule has 0 bridgehead atoms. The summed E-state index contributed by atoms with van der Waals surface area (Å²) in [6.45, 7) is 6.49. The molecule has 0 unspecified atom stereocenters. The highest BCUT2D eigenvalue weighted by molar-refractivity contribution is 7.07. The van der Waals surface area contributed by atoms with Gasteiger partial charge in [0, 0.05) is 43.9 Å². The van der Waals surface area contributed by atoms with Crippen LogP contribution in [0.3, 0.4) is 0 Å². The highest BCUT2D eigenvalue weighted by Crippen LogP contribution is 2.27. The van der Waals surface area contributed by atoms with Crippen LogP contribution in [-0.4, -0.2) is 62.9 Å². The predicted molar refractivity (Wildman–Crippen MR) is 143 cm³/mol. The number of nitrogens with one attached hydrogen (secondary N) is 1. The van der Waals surface area contributed by atoms with Crippen molar-refractivity contribution in [3.05, 3.63) is 58.7 Å². The van der Waals surface area contributed by atoms with Crippen molar-refractivity contribution < 1.29 is 32.2 Å². The number of rotatable bonds is 11. The van der Waals surface area contributed by atoms with Gasteiger partial charge in [-0.25, -0.2) is 4.99 Å². The van der Waals surface area contributed by atoms with Crippen molar-refractivity contribution in [2.45, 2.75) is 26.3 Å². The molecule has 0 spiro atoms. The second kappa shape index (κ2) is 13.6. The summed E-state index contributed by atoms with van der Waals surface area (Å²) in [6.07, 6.45) is -4.10. The summed E-state index contributed by atoms with van der Waals surface area (Å²) in [5.74, 6) is -0.471. The number of ether oxygens (including phenoxy) is 3. The average molecular weight is 565 g/mol. The molecule has 0 radical (unpaired) electrons. The first-order chi connectivity index (χ1) is 18.8. The molecule has 1 amide bonds. The third kappa shape index (κ3) is 8.57. The molecule has 0 atom stereocenters. The lowest BCUT2D eigenvalue weighted by atomic mass is 10.1. The predicted octanol–water partition coefficient (Wildman–Crippen LogP) is 4.73. The Kier molecular flexibility index (Phi) is 10.0. The summed E-state index contributed by atoms with van der Waals surface area (Å²) in [6, 6.07) is 13.8. The van der Waals surface area contributed by atoms with E-state index in [1.165, 1.54) is 35.6 Å². The fraction of sp³-hybridized carbons (Fsp3) is 0.407. The fourth-order valence-electron chi connectivity index (χ4n) is 4.07. The summed E-state index contributed by atoms with van der Waals surface area (Å²) < 4.78 is 54.1. The molecule has 2 aromatic carbocycles. The Balaban J connectivity index is 1.55. The number of anilines is 1. The van der Waals surface area contributed by atoms with Crippen molar-refractivity contribution in [1.82, 2.24) is 9.88 Å². The molecule has 1 aliphatic heterocycles. The van der Waals surface area contributed by atoms with Gasteiger partial charge < -0.3 is 29.0 Å². The van der Waals surface area contributed by atoms with Gasteiger partial charge in [0.1, 0.15) is 12.4 Å². The maximum atomic E-state index is 12.5. The van der Waals surface area contributed by atoms with Gasteiger partial charge in [0.05, 0.1) is 24.6 Å². The first kappa shape index (κ1) is 28.7. The lowest BCUT2D eigenvalue weighted by Crippen LogP contribution is -2.36. The lowest BCUT2D eigenvalue weighted by molar-refractivity contribution is -0.274. The van der Waals surface area contributed by atoms with Crippen LogP contribution in [0, 0.1) is 0 Å². The van der Waals surface area contributed by atoms with Crippen molar-refractivity contribution >= 4 is 28.6 Å². The zero-order valence-electron chi connectivity index (χ0n) is 21.6. The summed E-state index contributed by atoms with van der Waals surface area (Å²) in [5, 5.41) is 4.86. The Bertz CT molecular complexity index is 1270. The Morgan fingerprint density at radius 2 is 1.82 bits per heavy atom. The van der Waals surface area contributed by atoms with Crippen LogP contribution in [0.25, 0.3) is 11.3 Å². The van der Waals surface area contributed by atoms with E-state index in [-0.39, 0.29) is 18.3 Å². The van der Waals surface area contributed by atoms with Crippen molar-refractivity contribution in [3.63, 3.8) is 0 Å². The average Bonchev–Trinajstić information content (AvgIpc) is 3.32. The number of hydrogen-bond donors (Lipinski definition) is 1. The van der Waals surface area contributed by atoms with E-state index < -0.39 is 6.36 Å². The van der Waals surface area contributed by atoms with Crippen LogP contribution >= 0.6 is 11.3 Å². The number of halogens is 3.